The topological polar surface area (TPSA) is 58.2 Å². The number of hydrogen-bond donors (Lipinski definition) is 2. The van der Waals surface area contributed by atoms with E-state index in [4.69, 9.17) is 0 Å². The van der Waals surface area contributed by atoms with E-state index < -0.39 is 0 Å². The Morgan fingerprint density at radius 3 is 2.00 bits per heavy atom. The Morgan fingerprint density at radius 2 is 1.43 bits per heavy atom. The van der Waals surface area contributed by atoms with Crippen molar-refractivity contribution in [2.24, 2.45) is 0 Å². The number of carbonyl (C=O) groups excluding carboxylic acids is 2. The van der Waals surface area contributed by atoms with Gasteiger partial charge < -0.3 is 10.6 Å². The smallest absolute Gasteiger partial charge is 0.248 e. The molecule has 0 heterocycles. The molecule has 0 spiro atoms. The average molecular weight is 280 g/mol. The first-order chi connectivity index (χ1) is 10.1. The number of anilines is 2. The molecule has 0 aromatic heterocycles. The third-order valence-electron chi connectivity index (χ3n) is 2.70. The summed E-state index contributed by atoms with van der Waals surface area (Å²) in [5.41, 5.74) is 2.33. The molecule has 2 rings (SSSR count). The minimum atomic E-state index is -0.203. The fraction of sp³-hybridized carbons (Fsp3) is 0.0588. The van der Waals surface area contributed by atoms with Crippen LogP contribution in [-0.2, 0) is 9.59 Å². The van der Waals surface area contributed by atoms with Gasteiger partial charge in [0.15, 0.2) is 0 Å². The van der Waals surface area contributed by atoms with Crippen LogP contribution < -0.4 is 10.6 Å². The van der Waals surface area contributed by atoms with Crippen molar-refractivity contribution in [3.05, 3.63) is 66.2 Å². The summed E-state index contributed by atoms with van der Waals surface area (Å²) in [6.07, 6.45) is 3.23. The predicted octanol–water partition coefficient (Wildman–Crippen LogP) is 3.30. The van der Waals surface area contributed by atoms with Gasteiger partial charge in [-0.25, -0.2) is 0 Å². The Balaban J connectivity index is 1.93. The molecule has 0 aliphatic rings. The van der Waals surface area contributed by atoms with Crippen LogP contribution in [0.15, 0.2) is 60.7 Å². The minimum absolute atomic E-state index is 0.127. The van der Waals surface area contributed by atoms with Crippen LogP contribution in [-0.4, -0.2) is 11.8 Å². The summed E-state index contributed by atoms with van der Waals surface area (Å²) in [6, 6.07) is 16.5. The zero-order chi connectivity index (χ0) is 15.1. The van der Waals surface area contributed by atoms with Crippen LogP contribution >= 0.6 is 0 Å². The number of hydrogen-bond acceptors (Lipinski definition) is 2. The molecule has 0 saturated carbocycles. The van der Waals surface area contributed by atoms with E-state index in [-0.39, 0.29) is 11.8 Å². The second kappa shape index (κ2) is 7.05. The highest BCUT2D eigenvalue weighted by Gasteiger charge is 1.99. The molecule has 0 aliphatic carbocycles. The van der Waals surface area contributed by atoms with Crippen molar-refractivity contribution in [2.75, 3.05) is 10.6 Å². The van der Waals surface area contributed by atoms with Crippen molar-refractivity contribution in [1.82, 2.24) is 0 Å². The molecule has 2 aromatic carbocycles. The van der Waals surface area contributed by atoms with Crippen LogP contribution in [0.1, 0.15) is 12.5 Å². The van der Waals surface area contributed by atoms with E-state index in [1.54, 1.807) is 30.3 Å². The van der Waals surface area contributed by atoms with Crippen LogP contribution in [0, 0.1) is 0 Å². The van der Waals surface area contributed by atoms with Gasteiger partial charge in [0.2, 0.25) is 11.8 Å². The van der Waals surface area contributed by atoms with Gasteiger partial charge in [0.05, 0.1) is 0 Å². The lowest BCUT2D eigenvalue weighted by atomic mass is 10.2. The molecule has 21 heavy (non-hydrogen) atoms. The summed E-state index contributed by atoms with van der Waals surface area (Å²) in [5, 5.41) is 5.42. The number of nitrogens with one attached hydrogen (secondary N) is 2. The predicted molar refractivity (Wildman–Crippen MR) is 84.9 cm³/mol. The van der Waals surface area contributed by atoms with Gasteiger partial charge >= 0.3 is 0 Å². The fourth-order valence-electron chi connectivity index (χ4n) is 1.76. The maximum atomic E-state index is 11.8. The molecule has 0 unspecified atom stereocenters. The highest BCUT2D eigenvalue weighted by molar-refractivity contribution is 6.02. The molecule has 106 valence electrons. The molecular weight excluding hydrogens is 264 g/mol. The van der Waals surface area contributed by atoms with Gasteiger partial charge in [-0.15, -0.1) is 0 Å². The SMILES string of the molecule is CC(=O)Nc1ccc(NC(=O)C=Cc2ccccc2)cc1. The maximum absolute atomic E-state index is 11.8. The highest BCUT2D eigenvalue weighted by atomic mass is 16.2. The summed E-state index contributed by atoms with van der Waals surface area (Å²) >= 11 is 0. The maximum Gasteiger partial charge on any atom is 0.248 e. The van der Waals surface area contributed by atoms with E-state index in [1.807, 2.05) is 30.3 Å². The first-order valence-corrected chi connectivity index (χ1v) is 6.55. The fourth-order valence-corrected chi connectivity index (χ4v) is 1.76. The Labute approximate surface area is 123 Å². The van der Waals surface area contributed by atoms with Gasteiger partial charge in [-0.1, -0.05) is 30.3 Å². The number of benzene rings is 2. The second-order valence-corrected chi connectivity index (χ2v) is 4.49. The van der Waals surface area contributed by atoms with E-state index in [9.17, 15) is 9.59 Å². The van der Waals surface area contributed by atoms with E-state index in [2.05, 4.69) is 10.6 Å². The van der Waals surface area contributed by atoms with Crippen molar-refractivity contribution in [3.8, 4) is 0 Å². The molecule has 0 aliphatic heterocycles. The number of amides is 2. The number of rotatable bonds is 4. The zero-order valence-electron chi connectivity index (χ0n) is 11.7. The van der Waals surface area contributed by atoms with E-state index in [0.717, 1.165) is 5.56 Å². The first-order valence-electron chi connectivity index (χ1n) is 6.55. The summed E-state index contributed by atoms with van der Waals surface area (Å²) in [7, 11) is 0. The molecule has 2 N–H and O–H groups in total. The van der Waals surface area contributed by atoms with Crippen LogP contribution in [0.25, 0.3) is 6.08 Å². The molecule has 0 radical (unpaired) electrons. The standard InChI is InChI=1S/C17H16N2O2/c1-13(20)18-15-8-10-16(11-9-15)19-17(21)12-7-14-5-3-2-4-6-14/h2-12H,1H3,(H,18,20)(H,19,21). The van der Waals surface area contributed by atoms with Gasteiger partial charge in [-0.2, -0.15) is 0 Å². The summed E-state index contributed by atoms with van der Waals surface area (Å²) in [6.45, 7) is 1.45. The molecule has 0 saturated heterocycles. The Kier molecular flexibility index (Phi) is 4.88. The molecule has 2 amide bonds. The van der Waals surface area contributed by atoms with Crippen molar-refractivity contribution in [2.45, 2.75) is 6.92 Å². The van der Waals surface area contributed by atoms with Gasteiger partial charge in [-0.3, -0.25) is 9.59 Å². The number of carbonyl (C=O) groups is 2. The van der Waals surface area contributed by atoms with Crippen molar-refractivity contribution in [3.63, 3.8) is 0 Å². The lowest BCUT2D eigenvalue weighted by Gasteiger charge is -2.05. The summed E-state index contributed by atoms with van der Waals surface area (Å²) < 4.78 is 0. The van der Waals surface area contributed by atoms with Crippen LogP contribution in [0.5, 0.6) is 0 Å². The van der Waals surface area contributed by atoms with E-state index in [0.29, 0.717) is 11.4 Å². The van der Waals surface area contributed by atoms with Crippen molar-refractivity contribution in [1.29, 1.82) is 0 Å². The molecule has 0 bridgehead atoms. The molecular formula is C17H16N2O2. The Morgan fingerprint density at radius 1 is 0.857 bits per heavy atom. The third-order valence-corrected chi connectivity index (χ3v) is 2.70. The Bertz CT molecular complexity index is 646. The minimum Gasteiger partial charge on any atom is -0.326 e. The third kappa shape index (κ3) is 4.95. The van der Waals surface area contributed by atoms with Gasteiger partial charge in [0.25, 0.3) is 0 Å². The van der Waals surface area contributed by atoms with Gasteiger partial charge in [0.1, 0.15) is 0 Å². The molecule has 4 heteroatoms. The van der Waals surface area contributed by atoms with E-state index in [1.165, 1.54) is 13.0 Å². The average Bonchev–Trinajstić information content (AvgIpc) is 2.48. The normalized spacial score (nSPS) is 10.3. The van der Waals surface area contributed by atoms with Crippen LogP contribution in [0.4, 0.5) is 11.4 Å². The van der Waals surface area contributed by atoms with Crippen molar-refractivity contribution < 1.29 is 9.59 Å². The van der Waals surface area contributed by atoms with Crippen LogP contribution in [0.3, 0.4) is 0 Å². The molecule has 0 atom stereocenters. The molecule has 0 fully saturated rings. The quantitative estimate of drug-likeness (QED) is 0.844. The van der Waals surface area contributed by atoms with Gasteiger partial charge in [-0.05, 0) is 35.9 Å². The summed E-state index contributed by atoms with van der Waals surface area (Å²) in [4.78, 5) is 22.7. The van der Waals surface area contributed by atoms with Crippen LogP contribution in [0.2, 0.25) is 0 Å². The monoisotopic (exact) mass is 280 g/mol. The zero-order valence-corrected chi connectivity index (χ0v) is 11.7. The summed E-state index contributed by atoms with van der Waals surface area (Å²) in [5.74, 6) is -0.330. The highest BCUT2D eigenvalue weighted by Crippen LogP contribution is 2.13. The largest absolute Gasteiger partial charge is 0.326 e. The molecule has 2 aromatic rings. The molecule has 4 nitrogen and oxygen atoms in total. The lowest BCUT2D eigenvalue weighted by Crippen LogP contribution is -2.08. The Hall–Kier alpha value is -2.88. The van der Waals surface area contributed by atoms with Crippen molar-refractivity contribution >= 4 is 29.3 Å². The lowest BCUT2D eigenvalue weighted by molar-refractivity contribution is -0.114. The van der Waals surface area contributed by atoms with E-state index >= 15 is 0 Å². The first kappa shape index (κ1) is 14.5. The van der Waals surface area contributed by atoms with Gasteiger partial charge in [0, 0.05) is 24.4 Å². The second-order valence-electron chi connectivity index (χ2n) is 4.49.